The Bertz CT molecular complexity index is 858. The van der Waals surface area contributed by atoms with Gasteiger partial charge in [-0.1, -0.05) is 12.1 Å². The standard InChI is InChI=1S/C18H19N3O4S/c1-25-11-7-5-10(6-8-11)9-20-16(23)17(24)21-18-14(15(19)22)12-3-2-4-13(12)26-18/h5-8H,2-4,9H2,1H3,(H2,19,22)(H,20,23)(H,21,24). The van der Waals surface area contributed by atoms with Crippen molar-refractivity contribution in [2.75, 3.05) is 12.4 Å². The number of aryl methyl sites for hydroxylation is 1. The molecule has 7 nitrogen and oxygen atoms in total. The van der Waals surface area contributed by atoms with Gasteiger partial charge >= 0.3 is 11.8 Å². The SMILES string of the molecule is COc1ccc(CNC(=O)C(=O)Nc2sc3c(c2C(N)=O)CCC3)cc1. The molecule has 1 aromatic carbocycles. The summed E-state index contributed by atoms with van der Waals surface area (Å²) in [5, 5.41) is 5.43. The highest BCUT2D eigenvalue weighted by Crippen LogP contribution is 2.38. The zero-order chi connectivity index (χ0) is 18.7. The molecule has 0 bridgehead atoms. The van der Waals surface area contributed by atoms with Gasteiger partial charge in [-0.2, -0.15) is 0 Å². The lowest BCUT2D eigenvalue weighted by atomic mass is 10.1. The van der Waals surface area contributed by atoms with Crippen LogP contribution in [0.4, 0.5) is 5.00 Å². The van der Waals surface area contributed by atoms with Gasteiger partial charge in [0.15, 0.2) is 0 Å². The second kappa shape index (κ2) is 7.57. The van der Waals surface area contributed by atoms with Crippen LogP contribution in [0.3, 0.4) is 0 Å². The number of hydrogen-bond donors (Lipinski definition) is 3. The molecular weight excluding hydrogens is 354 g/mol. The third kappa shape index (κ3) is 3.70. The summed E-state index contributed by atoms with van der Waals surface area (Å²) < 4.78 is 5.07. The Balaban J connectivity index is 1.62. The molecule has 0 aliphatic heterocycles. The number of ether oxygens (including phenoxy) is 1. The molecule has 136 valence electrons. The smallest absolute Gasteiger partial charge is 0.314 e. The number of carbonyl (C=O) groups is 3. The Kier molecular flexibility index (Phi) is 5.22. The monoisotopic (exact) mass is 373 g/mol. The normalized spacial score (nSPS) is 12.3. The van der Waals surface area contributed by atoms with E-state index in [1.165, 1.54) is 11.3 Å². The minimum Gasteiger partial charge on any atom is -0.497 e. The molecule has 4 N–H and O–H groups in total. The van der Waals surface area contributed by atoms with E-state index in [1.54, 1.807) is 31.4 Å². The summed E-state index contributed by atoms with van der Waals surface area (Å²) in [6.07, 6.45) is 2.60. The predicted octanol–water partition coefficient (Wildman–Crippen LogP) is 1.60. The zero-order valence-electron chi connectivity index (χ0n) is 14.3. The summed E-state index contributed by atoms with van der Waals surface area (Å²) in [6.45, 7) is 0.208. The molecular formula is C18H19N3O4S. The molecule has 0 saturated carbocycles. The van der Waals surface area contributed by atoms with Crippen LogP contribution >= 0.6 is 11.3 Å². The van der Waals surface area contributed by atoms with E-state index in [1.807, 2.05) is 0 Å². The number of hydrogen-bond acceptors (Lipinski definition) is 5. The molecule has 0 radical (unpaired) electrons. The number of rotatable bonds is 5. The molecule has 1 heterocycles. The summed E-state index contributed by atoms with van der Waals surface area (Å²) in [6, 6.07) is 7.14. The summed E-state index contributed by atoms with van der Waals surface area (Å²) in [4.78, 5) is 37.0. The largest absolute Gasteiger partial charge is 0.497 e. The van der Waals surface area contributed by atoms with Gasteiger partial charge in [-0.3, -0.25) is 14.4 Å². The summed E-state index contributed by atoms with van der Waals surface area (Å²) in [5.41, 5.74) is 7.51. The lowest BCUT2D eigenvalue weighted by Gasteiger charge is -2.08. The van der Waals surface area contributed by atoms with E-state index in [9.17, 15) is 14.4 Å². The van der Waals surface area contributed by atoms with E-state index in [0.29, 0.717) is 16.3 Å². The number of methoxy groups -OCH3 is 1. The number of carbonyl (C=O) groups excluding carboxylic acids is 3. The van der Waals surface area contributed by atoms with Gasteiger partial charge in [0.1, 0.15) is 10.8 Å². The van der Waals surface area contributed by atoms with Gasteiger partial charge < -0.3 is 21.1 Å². The van der Waals surface area contributed by atoms with E-state index in [4.69, 9.17) is 10.5 Å². The van der Waals surface area contributed by atoms with Crippen LogP contribution in [0, 0.1) is 0 Å². The summed E-state index contributed by atoms with van der Waals surface area (Å²) in [7, 11) is 1.57. The van der Waals surface area contributed by atoms with Crippen molar-refractivity contribution in [2.45, 2.75) is 25.8 Å². The van der Waals surface area contributed by atoms with Crippen LogP contribution in [-0.4, -0.2) is 24.8 Å². The van der Waals surface area contributed by atoms with Crippen molar-refractivity contribution in [3.63, 3.8) is 0 Å². The van der Waals surface area contributed by atoms with Gasteiger partial charge in [-0.15, -0.1) is 11.3 Å². The van der Waals surface area contributed by atoms with Crippen LogP contribution < -0.4 is 21.1 Å². The highest BCUT2D eigenvalue weighted by molar-refractivity contribution is 7.17. The van der Waals surface area contributed by atoms with Gasteiger partial charge in [-0.25, -0.2) is 0 Å². The van der Waals surface area contributed by atoms with Crippen molar-refractivity contribution in [3.05, 3.63) is 45.8 Å². The van der Waals surface area contributed by atoms with Crippen molar-refractivity contribution < 1.29 is 19.1 Å². The molecule has 3 rings (SSSR count). The fourth-order valence-electron chi connectivity index (χ4n) is 2.92. The van der Waals surface area contributed by atoms with Crippen LogP contribution in [-0.2, 0) is 29.0 Å². The van der Waals surface area contributed by atoms with Crippen molar-refractivity contribution in [1.82, 2.24) is 5.32 Å². The average Bonchev–Trinajstić information content (AvgIpc) is 3.20. The Morgan fingerprint density at radius 3 is 2.54 bits per heavy atom. The maximum absolute atomic E-state index is 12.1. The van der Waals surface area contributed by atoms with Gasteiger partial charge in [0, 0.05) is 11.4 Å². The first-order valence-electron chi connectivity index (χ1n) is 8.16. The minimum absolute atomic E-state index is 0.208. The third-order valence-corrected chi connectivity index (χ3v) is 5.42. The molecule has 2 aromatic rings. The van der Waals surface area contributed by atoms with Crippen LogP contribution in [0.1, 0.15) is 32.8 Å². The predicted molar refractivity (Wildman–Crippen MR) is 98.3 cm³/mol. The molecule has 0 unspecified atom stereocenters. The fourth-order valence-corrected chi connectivity index (χ4v) is 4.21. The molecule has 1 aliphatic carbocycles. The second-order valence-corrected chi connectivity index (χ2v) is 7.02. The second-order valence-electron chi connectivity index (χ2n) is 5.91. The minimum atomic E-state index is -0.819. The maximum atomic E-state index is 12.1. The topological polar surface area (TPSA) is 111 Å². The van der Waals surface area contributed by atoms with E-state index in [0.717, 1.165) is 35.3 Å². The molecule has 26 heavy (non-hydrogen) atoms. The van der Waals surface area contributed by atoms with Crippen LogP contribution in [0.2, 0.25) is 0 Å². The Hall–Kier alpha value is -2.87. The highest BCUT2D eigenvalue weighted by Gasteiger charge is 2.27. The molecule has 1 aromatic heterocycles. The van der Waals surface area contributed by atoms with Crippen molar-refractivity contribution in [3.8, 4) is 5.75 Å². The molecule has 1 aliphatic rings. The maximum Gasteiger partial charge on any atom is 0.314 e. The lowest BCUT2D eigenvalue weighted by Crippen LogP contribution is -2.35. The Labute approximate surface area is 154 Å². The first kappa shape index (κ1) is 17.9. The number of anilines is 1. The molecule has 0 saturated heterocycles. The van der Waals surface area contributed by atoms with Crippen LogP contribution in [0.5, 0.6) is 5.75 Å². The summed E-state index contributed by atoms with van der Waals surface area (Å²) >= 11 is 1.31. The lowest BCUT2D eigenvalue weighted by molar-refractivity contribution is -0.136. The number of benzene rings is 1. The fraction of sp³-hybridized carbons (Fsp3) is 0.278. The number of nitrogens with one attached hydrogen (secondary N) is 2. The highest BCUT2D eigenvalue weighted by atomic mass is 32.1. The molecule has 0 spiro atoms. The molecule has 0 atom stereocenters. The first-order valence-corrected chi connectivity index (χ1v) is 8.97. The zero-order valence-corrected chi connectivity index (χ0v) is 15.1. The number of primary amides is 1. The van der Waals surface area contributed by atoms with Gasteiger partial charge in [0.2, 0.25) is 0 Å². The van der Waals surface area contributed by atoms with E-state index in [-0.39, 0.29) is 6.54 Å². The van der Waals surface area contributed by atoms with Crippen molar-refractivity contribution in [1.29, 1.82) is 0 Å². The third-order valence-electron chi connectivity index (χ3n) is 4.21. The van der Waals surface area contributed by atoms with Crippen LogP contribution in [0.15, 0.2) is 24.3 Å². The number of amides is 3. The van der Waals surface area contributed by atoms with E-state index < -0.39 is 17.7 Å². The quantitative estimate of drug-likeness (QED) is 0.691. The molecule has 3 amide bonds. The number of thiophene rings is 1. The van der Waals surface area contributed by atoms with Crippen LogP contribution in [0.25, 0.3) is 0 Å². The van der Waals surface area contributed by atoms with Gasteiger partial charge in [0.05, 0.1) is 12.7 Å². The number of nitrogens with two attached hydrogens (primary N) is 1. The van der Waals surface area contributed by atoms with E-state index >= 15 is 0 Å². The van der Waals surface area contributed by atoms with Crippen molar-refractivity contribution in [2.24, 2.45) is 5.73 Å². The molecule has 0 fully saturated rings. The van der Waals surface area contributed by atoms with Crippen molar-refractivity contribution >= 4 is 34.1 Å². The average molecular weight is 373 g/mol. The first-order chi connectivity index (χ1) is 12.5. The number of fused-ring (bicyclic) bond motifs is 1. The van der Waals surface area contributed by atoms with Gasteiger partial charge in [-0.05, 0) is 42.5 Å². The summed E-state index contributed by atoms with van der Waals surface area (Å²) in [5.74, 6) is -1.47. The van der Waals surface area contributed by atoms with E-state index in [2.05, 4.69) is 10.6 Å². The molecule has 8 heteroatoms. The Morgan fingerprint density at radius 2 is 1.88 bits per heavy atom. The van der Waals surface area contributed by atoms with Gasteiger partial charge in [0.25, 0.3) is 5.91 Å². The Morgan fingerprint density at radius 1 is 1.15 bits per heavy atom.